The third-order valence-electron chi connectivity index (χ3n) is 3.22. The van der Waals surface area contributed by atoms with Crippen molar-refractivity contribution >= 4 is 0 Å². The van der Waals surface area contributed by atoms with E-state index in [-0.39, 0.29) is 5.54 Å². The van der Waals surface area contributed by atoms with Gasteiger partial charge in [0.05, 0.1) is 11.2 Å². The predicted octanol–water partition coefficient (Wildman–Crippen LogP) is 1.51. The molecule has 1 heterocycles. The first-order chi connectivity index (χ1) is 8.21. The van der Waals surface area contributed by atoms with Crippen LogP contribution in [-0.4, -0.2) is 27.3 Å². The van der Waals surface area contributed by atoms with E-state index in [1.54, 1.807) is 4.68 Å². The second-order valence-corrected chi connectivity index (χ2v) is 4.19. The molecule has 0 aliphatic rings. The summed E-state index contributed by atoms with van der Waals surface area (Å²) in [5.41, 5.74) is 0.752. The maximum absolute atomic E-state index is 4.15. The molecule has 0 saturated carbocycles. The molecule has 0 radical (unpaired) electrons. The summed E-state index contributed by atoms with van der Waals surface area (Å²) in [5, 5.41) is 15.3. The van der Waals surface area contributed by atoms with Crippen LogP contribution < -0.4 is 5.32 Å². The van der Waals surface area contributed by atoms with E-state index in [4.69, 9.17) is 0 Å². The van der Waals surface area contributed by atoms with E-state index in [1.165, 1.54) is 0 Å². The molecule has 0 amide bonds. The lowest BCUT2D eigenvalue weighted by atomic mass is 9.98. The van der Waals surface area contributed by atoms with Crippen molar-refractivity contribution < 1.29 is 0 Å². The topological polar surface area (TPSA) is 55.6 Å². The first kappa shape index (κ1) is 11.7. The van der Waals surface area contributed by atoms with E-state index < -0.39 is 0 Å². The highest BCUT2D eigenvalue weighted by atomic mass is 15.6. The summed E-state index contributed by atoms with van der Waals surface area (Å²) < 4.78 is 1.78. The van der Waals surface area contributed by atoms with Crippen LogP contribution in [0.4, 0.5) is 0 Å². The van der Waals surface area contributed by atoms with Gasteiger partial charge >= 0.3 is 0 Å². The monoisotopic (exact) mass is 231 g/mol. The molecule has 0 bridgehead atoms. The molecule has 1 aromatic carbocycles. The molecule has 2 rings (SSSR count). The van der Waals surface area contributed by atoms with Crippen molar-refractivity contribution in [3.63, 3.8) is 0 Å². The molecule has 5 nitrogen and oxygen atoms in total. The summed E-state index contributed by atoms with van der Waals surface area (Å²) in [6, 6.07) is 9.91. The summed E-state index contributed by atoms with van der Waals surface area (Å²) in [5.74, 6) is 0.828. The first-order valence-electron chi connectivity index (χ1n) is 5.74. The normalized spacial score (nSPS) is 14.5. The highest BCUT2D eigenvalue weighted by Gasteiger charge is 2.29. The molecule has 1 aromatic heterocycles. The molecule has 2 aromatic rings. The second kappa shape index (κ2) is 4.63. The number of hydrogen-bond donors (Lipinski definition) is 1. The minimum atomic E-state index is -0.223. The van der Waals surface area contributed by atoms with Crippen molar-refractivity contribution in [1.29, 1.82) is 0 Å². The van der Waals surface area contributed by atoms with Crippen molar-refractivity contribution in [1.82, 2.24) is 25.5 Å². The highest BCUT2D eigenvalue weighted by Crippen LogP contribution is 2.23. The van der Waals surface area contributed by atoms with E-state index in [0.717, 1.165) is 17.9 Å². The van der Waals surface area contributed by atoms with E-state index in [0.29, 0.717) is 0 Å². The van der Waals surface area contributed by atoms with Crippen LogP contribution in [0.15, 0.2) is 30.3 Å². The summed E-state index contributed by atoms with van der Waals surface area (Å²) >= 11 is 0. The predicted molar refractivity (Wildman–Crippen MR) is 65.9 cm³/mol. The van der Waals surface area contributed by atoms with Gasteiger partial charge in [-0.15, -0.1) is 5.10 Å². The lowest BCUT2D eigenvalue weighted by Crippen LogP contribution is -2.38. The Bertz CT molecular complexity index is 473. The Morgan fingerprint density at radius 1 is 1.29 bits per heavy atom. The van der Waals surface area contributed by atoms with Gasteiger partial charge in [0.15, 0.2) is 5.82 Å². The summed E-state index contributed by atoms with van der Waals surface area (Å²) in [4.78, 5) is 0. The third-order valence-corrected chi connectivity index (χ3v) is 3.22. The minimum absolute atomic E-state index is 0.223. The fourth-order valence-corrected chi connectivity index (χ4v) is 1.72. The fraction of sp³-hybridized carbons (Fsp3) is 0.417. The van der Waals surface area contributed by atoms with Gasteiger partial charge in [0.25, 0.3) is 0 Å². The van der Waals surface area contributed by atoms with Crippen LogP contribution in [0.25, 0.3) is 5.69 Å². The number of tetrazole rings is 1. The van der Waals surface area contributed by atoms with E-state index in [2.05, 4.69) is 34.7 Å². The van der Waals surface area contributed by atoms with Crippen molar-refractivity contribution in [2.75, 3.05) is 7.05 Å². The standard InChI is InChI=1S/C12H17N5/c1-4-12(2,13-3)11-14-15-16-17(11)10-8-6-5-7-9-10/h5-9,13H,4H2,1-3H3. The van der Waals surface area contributed by atoms with Gasteiger partial charge < -0.3 is 5.32 Å². The third kappa shape index (κ3) is 2.06. The minimum Gasteiger partial charge on any atom is -0.308 e. The van der Waals surface area contributed by atoms with E-state index in [9.17, 15) is 0 Å². The maximum Gasteiger partial charge on any atom is 0.176 e. The Kier molecular flexibility index (Phi) is 3.19. The number of hydrogen-bond acceptors (Lipinski definition) is 4. The van der Waals surface area contributed by atoms with Gasteiger partial charge in [-0.3, -0.25) is 0 Å². The van der Waals surface area contributed by atoms with Gasteiger partial charge in [-0.05, 0) is 43.0 Å². The zero-order valence-corrected chi connectivity index (χ0v) is 10.4. The molecule has 17 heavy (non-hydrogen) atoms. The Balaban J connectivity index is 2.49. The molecule has 0 fully saturated rings. The molecule has 1 atom stereocenters. The molecule has 0 spiro atoms. The molecule has 1 unspecified atom stereocenters. The molecule has 0 saturated heterocycles. The number of nitrogens with zero attached hydrogens (tertiary/aromatic N) is 4. The largest absolute Gasteiger partial charge is 0.308 e. The van der Waals surface area contributed by atoms with Crippen LogP contribution in [0.3, 0.4) is 0 Å². The van der Waals surface area contributed by atoms with E-state index >= 15 is 0 Å². The van der Waals surface area contributed by atoms with Gasteiger partial charge in [0.1, 0.15) is 0 Å². The first-order valence-corrected chi connectivity index (χ1v) is 5.74. The van der Waals surface area contributed by atoms with Crippen LogP contribution >= 0.6 is 0 Å². The van der Waals surface area contributed by atoms with Crippen molar-refractivity contribution in [2.24, 2.45) is 0 Å². The Morgan fingerprint density at radius 3 is 2.59 bits per heavy atom. The Labute approximate surface area is 101 Å². The van der Waals surface area contributed by atoms with Crippen molar-refractivity contribution in [2.45, 2.75) is 25.8 Å². The zero-order chi connectivity index (χ0) is 12.3. The number of nitrogens with one attached hydrogen (secondary N) is 1. The molecule has 1 N–H and O–H groups in total. The van der Waals surface area contributed by atoms with Gasteiger partial charge in [0, 0.05) is 0 Å². The maximum atomic E-state index is 4.15. The summed E-state index contributed by atoms with van der Waals surface area (Å²) in [6.45, 7) is 4.21. The Hall–Kier alpha value is -1.75. The molecule has 90 valence electrons. The van der Waals surface area contributed by atoms with Crippen LogP contribution in [0.1, 0.15) is 26.1 Å². The van der Waals surface area contributed by atoms with Gasteiger partial charge in [0.2, 0.25) is 0 Å². The number of aromatic nitrogens is 4. The van der Waals surface area contributed by atoms with Gasteiger partial charge in [-0.25, -0.2) is 0 Å². The molecule has 5 heteroatoms. The van der Waals surface area contributed by atoms with Gasteiger partial charge in [-0.1, -0.05) is 25.1 Å². The summed E-state index contributed by atoms with van der Waals surface area (Å²) in [6.07, 6.45) is 0.913. The van der Waals surface area contributed by atoms with Crippen molar-refractivity contribution in [3.8, 4) is 5.69 Å². The van der Waals surface area contributed by atoms with Crippen LogP contribution in [-0.2, 0) is 5.54 Å². The van der Waals surface area contributed by atoms with Crippen LogP contribution in [0.2, 0.25) is 0 Å². The quantitative estimate of drug-likeness (QED) is 0.866. The Morgan fingerprint density at radius 2 is 2.00 bits per heavy atom. The fourth-order valence-electron chi connectivity index (χ4n) is 1.72. The molecular formula is C12H17N5. The van der Waals surface area contributed by atoms with Crippen molar-refractivity contribution in [3.05, 3.63) is 36.2 Å². The van der Waals surface area contributed by atoms with Crippen LogP contribution in [0.5, 0.6) is 0 Å². The number of rotatable bonds is 4. The lowest BCUT2D eigenvalue weighted by molar-refractivity contribution is 0.354. The second-order valence-electron chi connectivity index (χ2n) is 4.19. The molecule has 0 aliphatic heterocycles. The number of benzene rings is 1. The zero-order valence-electron chi connectivity index (χ0n) is 10.4. The van der Waals surface area contributed by atoms with E-state index in [1.807, 2.05) is 37.4 Å². The average molecular weight is 231 g/mol. The molecular weight excluding hydrogens is 214 g/mol. The highest BCUT2D eigenvalue weighted by molar-refractivity contribution is 5.31. The molecule has 0 aliphatic carbocycles. The summed E-state index contributed by atoms with van der Waals surface area (Å²) in [7, 11) is 1.92. The SMILES string of the molecule is CCC(C)(NC)c1nnnn1-c1ccccc1. The van der Waals surface area contributed by atoms with Gasteiger partial charge in [-0.2, -0.15) is 4.68 Å². The average Bonchev–Trinajstić information content (AvgIpc) is 2.88. The lowest BCUT2D eigenvalue weighted by Gasteiger charge is -2.26. The smallest absolute Gasteiger partial charge is 0.176 e. The van der Waals surface area contributed by atoms with Crippen LogP contribution in [0, 0.1) is 0 Å². The number of para-hydroxylation sites is 1.